The predicted octanol–water partition coefficient (Wildman–Crippen LogP) is 1.83. The summed E-state index contributed by atoms with van der Waals surface area (Å²) in [5.41, 5.74) is 0.497. The Hall–Kier alpha value is -2.49. The van der Waals surface area contributed by atoms with Crippen LogP contribution in [0.3, 0.4) is 0 Å². The quantitative estimate of drug-likeness (QED) is 0.685. The molecule has 3 rings (SSSR count). The Balaban J connectivity index is 2.13. The minimum atomic E-state index is -4.62. The second-order valence-corrected chi connectivity index (χ2v) is 7.34. The number of hydrogen-bond donors (Lipinski definition) is 3. The van der Waals surface area contributed by atoms with Crippen molar-refractivity contribution in [2.75, 3.05) is 14.2 Å². The zero-order chi connectivity index (χ0) is 19.1. The molecule has 2 aromatic rings. The Morgan fingerprint density at radius 1 is 1.08 bits per heavy atom. The van der Waals surface area contributed by atoms with Crippen molar-refractivity contribution in [3.05, 3.63) is 47.5 Å². The van der Waals surface area contributed by atoms with E-state index in [4.69, 9.17) is 14.2 Å². The number of benzene rings is 2. The standard InChI is InChI=1S/C17H18O8S/c1-23-10-4-5-11-13(8-10)25-16(15(19)17(11)26(20,21)22)9-3-6-12(18)14(7-9)24-2/h3-8,15-19H,1-2H3,(H,20,21,22). The number of phenols is 1. The lowest BCUT2D eigenvalue weighted by molar-refractivity contribution is 0.0149. The third-order valence-electron chi connectivity index (χ3n) is 4.25. The van der Waals surface area contributed by atoms with Crippen molar-refractivity contribution in [3.63, 3.8) is 0 Å². The first-order valence-electron chi connectivity index (χ1n) is 7.62. The molecule has 1 aliphatic rings. The van der Waals surface area contributed by atoms with E-state index in [2.05, 4.69) is 0 Å². The molecule has 26 heavy (non-hydrogen) atoms. The van der Waals surface area contributed by atoms with Gasteiger partial charge in [0.2, 0.25) is 0 Å². The van der Waals surface area contributed by atoms with Gasteiger partial charge in [-0.1, -0.05) is 12.1 Å². The van der Waals surface area contributed by atoms with Gasteiger partial charge in [-0.3, -0.25) is 4.55 Å². The summed E-state index contributed by atoms with van der Waals surface area (Å²) in [5, 5.41) is 18.8. The predicted molar refractivity (Wildman–Crippen MR) is 91.3 cm³/mol. The summed E-state index contributed by atoms with van der Waals surface area (Å²) in [7, 11) is -1.82. The van der Waals surface area contributed by atoms with Crippen LogP contribution < -0.4 is 14.2 Å². The summed E-state index contributed by atoms with van der Waals surface area (Å²) < 4.78 is 49.4. The maximum Gasteiger partial charge on any atom is 0.274 e. The highest BCUT2D eigenvalue weighted by Gasteiger charge is 2.45. The largest absolute Gasteiger partial charge is 0.504 e. The molecule has 0 radical (unpaired) electrons. The Bertz CT molecular complexity index is 924. The normalized spacial score (nSPS) is 22.2. The van der Waals surface area contributed by atoms with Gasteiger partial charge in [-0.15, -0.1) is 0 Å². The van der Waals surface area contributed by atoms with E-state index in [1.54, 1.807) is 0 Å². The summed E-state index contributed by atoms with van der Waals surface area (Å²) in [4.78, 5) is 0. The van der Waals surface area contributed by atoms with Crippen molar-refractivity contribution in [3.8, 4) is 23.0 Å². The number of aliphatic hydroxyl groups excluding tert-OH is 1. The molecule has 2 aromatic carbocycles. The van der Waals surface area contributed by atoms with Gasteiger partial charge >= 0.3 is 0 Å². The number of ether oxygens (including phenoxy) is 3. The third kappa shape index (κ3) is 3.16. The third-order valence-corrected chi connectivity index (χ3v) is 5.43. The fourth-order valence-corrected chi connectivity index (χ4v) is 4.01. The first-order chi connectivity index (χ1) is 12.3. The first-order valence-corrected chi connectivity index (χ1v) is 9.12. The van der Waals surface area contributed by atoms with E-state index >= 15 is 0 Å². The number of methoxy groups -OCH3 is 2. The molecule has 8 nitrogen and oxygen atoms in total. The molecule has 140 valence electrons. The number of rotatable bonds is 4. The number of hydrogen-bond acceptors (Lipinski definition) is 7. The molecule has 0 saturated heterocycles. The molecule has 0 saturated carbocycles. The van der Waals surface area contributed by atoms with Gasteiger partial charge in [-0.05, 0) is 23.8 Å². The number of fused-ring (bicyclic) bond motifs is 1. The minimum absolute atomic E-state index is 0.116. The molecule has 0 spiro atoms. The number of phenolic OH excluding ortho intramolecular Hbond substituents is 1. The van der Waals surface area contributed by atoms with E-state index < -0.39 is 27.6 Å². The molecule has 3 atom stereocenters. The molecule has 3 N–H and O–H groups in total. The maximum absolute atomic E-state index is 11.9. The zero-order valence-electron chi connectivity index (χ0n) is 14.0. The molecule has 0 aromatic heterocycles. The Kier molecular flexibility index (Phi) is 4.70. The lowest BCUT2D eigenvalue weighted by Gasteiger charge is -2.35. The number of aromatic hydroxyl groups is 1. The van der Waals surface area contributed by atoms with Gasteiger partial charge < -0.3 is 24.4 Å². The molecule has 0 aliphatic carbocycles. The monoisotopic (exact) mass is 382 g/mol. The lowest BCUT2D eigenvalue weighted by Crippen LogP contribution is -2.38. The molecule has 1 heterocycles. The average Bonchev–Trinajstić information content (AvgIpc) is 2.60. The van der Waals surface area contributed by atoms with Gasteiger partial charge in [0.15, 0.2) is 17.6 Å². The molecule has 3 unspecified atom stereocenters. The van der Waals surface area contributed by atoms with Crippen molar-refractivity contribution in [2.24, 2.45) is 0 Å². The van der Waals surface area contributed by atoms with Crippen LogP contribution in [0.4, 0.5) is 0 Å². The van der Waals surface area contributed by atoms with Crippen molar-refractivity contribution < 1.29 is 37.4 Å². The average molecular weight is 382 g/mol. The van der Waals surface area contributed by atoms with Crippen LogP contribution in [-0.4, -0.2) is 43.5 Å². The van der Waals surface area contributed by atoms with E-state index in [9.17, 15) is 23.2 Å². The van der Waals surface area contributed by atoms with Crippen LogP contribution >= 0.6 is 0 Å². The fourth-order valence-electron chi connectivity index (χ4n) is 3.00. The van der Waals surface area contributed by atoms with E-state index in [1.807, 2.05) is 0 Å². The molecule has 1 aliphatic heterocycles. The van der Waals surface area contributed by atoms with Gasteiger partial charge in [0.25, 0.3) is 10.1 Å². The van der Waals surface area contributed by atoms with Crippen molar-refractivity contribution in [2.45, 2.75) is 17.5 Å². The van der Waals surface area contributed by atoms with Gasteiger partial charge in [0, 0.05) is 11.6 Å². The van der Waals surface area contributed by atoms with E-state index in [0.717, 1.165) is 0 Å². The van der Waals surface area contributed by atoms with Crippen molar-refractivity contribution in [1.29, 1.82) is 0 Å². The van der Waals surface area contributed by atoms with Crippen LogP contribution in [-0.2, 0) is 10.1 Å². The molecular formula is C17H18O8S. The zero-order valence-corrected chi connectivity index (χ0v) is 14.8. The first kappa shape index (κ1) is 18.3. The number of aliphatic hydroxyl groups is 1. The molecular weight excluding hydrogens is 364 g/mol. The van der Waals surface area contributed by atoms with Gasteiger partial charge in [-0.25, -0.2) is 0 Å². The second-order valence-electron chi connectivity index (χ2n) is 5.80. The van der Waals surface area contributed by atoms with Crippen LogP contribution in [0, 0.1) is 0 Å². The highest BCUT2D eigenvalue weighted by Crippen LogP contribution is 2.46. The summed E-state index contributed by atoms with van der Waals surface area (Å²) in [6.07, 6.45) is -2.70. The minimum Gasteiger partial charge on any atom is -0.504 e. The van der Waals surface area contributed by atoms with Crippen LogP contribution in [0.5, 0.6) is 23.0 Å². The topological polar surface area (TPSA) is 123 Å². The Morgan fingerprint density at radius 3 is 2.42 bits per heavy atom. The van der Waals surface area contributed by atoms with Crippen molar-refractivity contribution in [1.82, 2.24) is 0 Å². The second kappa shape index (κ2) is 6.67. The Morgan fingerprint density at radius 2 is 1.81 bits per heavy atom. The summed E-state index contributed by atoms with van der Waals surface area (Å²) >= 11 is 0. The molecule has 0 bridgehead atoms. The highest BCUT2D eigenvalue weighted by atomic mass is 32.2. The van der Waals surface area contributed by atoms with E-state index in [0.29, 0.717) is 11.3 Å². The van der Waals surface area contributed by atoms with Gasteiger partial charge in [-0.2, -0.15) is 8.42 Å². The van der Waals surface area contributed by atoms with Crippen molar-refractivity contribution >= 4 is 10.1 Å². The Labute approximate surface area is 150 Å². The van der Waals surface area contributed by atoms with E-state index in [-0.39, 0.29) is 22.8 Å². The lowest BCUT2D eigenvalue weighted by atomic mass is 9.94. The molecule has 0 amide bonds. The smallest absolute Gasteiger partial charge is 0.274 e. The van der Waals surface area contributed by atoms with Crippen LogP contribution in [0.2, 0.25) is 0 Å². The highest BCUT2D eigenvalue weighted by molar-refractivity contribution is 7.86. The SMILES string of the molecule is COc1ccc2c(c1)OC(c1ccc(O)c(OC)c1)C(O)C2S(=O)(=O)O. The molecule has 9 heteroatoms. The van der Waals surface area contributed by atoms with Gasteiger partial charge in [0.1, 0.15) is 22.9 Å². The fraction of sp³-hybridized carbons (Fsp3) is 0.294. The van der Waals surface area contributed by atoms with E-state index in [1.165, 1.54) is 50.6 Å². The van der Waals surface area contributed by atoms with Crippen LogP contribution in [0.1, 0.15) is 22.5 Å². The summed E-state index contributed by atoms with van der Waals surface area (Å²) in [6.45, 7) is 0. The molecule has 0 fully saturated rings. The van der Waals surface area contributed by atoms with Gasteiger partial charge in [0.05, 0.1) is 14.2 Å². The summed E-state index contributed by atoms with van der Waals surface area (Å²) in [6, 6.07) is 8.64. The maximum atomic E-state index is 11.9. The van der Waals surface area contributed by atoms with Crippen LogP contribution in [0.25, 0.3) is 0 Å². The van der Waals surface area contributed by atoms with Crippen LogP contribution in [0.15, 0.2) is 36.4 Å². The summed E-state index contributed by atoms with van der Waals surface area (Å²) in [5.74, 6) is 0.610.